The molecule has 0 bridgehead atoms. The second kappa shape index (κ2) is 6.08. The largest absolute Gasteiger partial charge is 0.340 e. The highest BCUT2D eigenvalue weighted by Gasteiger charge is 2.27. The first-order chi connectivity index (χ1) is 10.3. The van der Waals surface area contributed by atoms with E-state index in [1.807, 2.05) is 53.0 Å². The number of likely N-dealkylation sites (tertiary alicyclic amines) is 1. The maximum atomic E-state index is 11.9. The van der Waals surface area contributed by atoms with E-state index in [4.69, 9.17) is 0 Å². The van der Waals surface area contributed by atoms with Crippen molar-refractivity contribution >= 4 is 5.91 Å². The van der Waals surface area contributed by atoms with Gasteiger partial charge in [-0.25, -0.2) is 4.68 Å². The van der Waals surface area contributed by atoms with Crippen molar-refractivity contribution in [2.75, 3.05) is 13.1 Å². The molecule has 0 aliphatic carbocycles. The second-order valence-electron chi connectivity index (χ2n) is 5.48. The predicted molar refractivity (Wildman–Crippen MR) is 80.6 cm³/mol. The van der Waals surface area contributed by atoms with Crippen molar-refractivity contribution in [2.45, 2.75) is 32.2 Å². The number of carbonyl (C=O) groups excluding carboxylic acids is 1. The van der Waals surface area contributed by atoms with Crippen LogP contribution in [0.25, 0.3) is 11.3 Å². The number of benzene rings is 1. The topological polar surface area (TPSA) is 51.0 Å². The van der Waals surface area contributed by atoms with Crippen LogP contribution < -0.4 is 0 Å². The first-order valence-electron chi connectivity index (χ1n) is 7.53. The third kappa shape index (κ3) is 2.96. The molecule has 0 saturated carbocycles. The lowest BCUT2D eigenvalue weighted by Gasteiger charge is -2.15. The minimum atomic E-state index is 0.246. The van der Waals surface area contributed by atoms with E-state index in [-0.39, 0.29) is 11.9 Å². The van der Waals surface area contributed by atoms with Gasteiger partial charge in [-0.05, 0) is 12.8 Å². The zero-order valence-corrected chi connectivity index (χ0v) is 12.3. The Kier molecular flexibility index (Phi) is 3.99. The lowest BCUT2D eigenvalue weighted by atomic mass is 10.2. The average molecular weight is 284 g/mol. The van der Waals surface area contributed by atoms with Crippen LogP contribution in [-0.4, -0.2) is 38.9 Å². The normalized spacial score (nSPS) is 18.1. The molecule has 0 radical (unpaired) electrons. The van der Waals surface area contributed by atoms with Gasteiger partial charge in [0.15, 0.2) is 0 Å². The van der Waals surface area contributed by atoms with Crippen molar-refractivity contribution in [3.05, 3.63) is 36.5 Å². The number of nitrogens with zero attached hydrogens (tertiary/aromatic N) is 4. The van der Waals surface area contributed by atoms with Crippen molar-refractivity contribution < 1.29 is 4.79 Å². The highest BCUT2D eigenvalue weighted by atomic mass is 16.2. The van der Waals surface area contributed by atoms with Crippen LogP contribution in [0.1, 0.15) is 32.2 Å². The zero-order chi connectivity index (χ0) is 14.7. The van der Waals surface area contributed by atoms with E-state index < -0.39 is 0 Å². The van der Waals surface area contributed by atoms with Gasteiger partial charge in [0.05, 0.1) is 12.2 Å². The molecule has 110 valence electrons. The van der Waals surface area contributed by atoms with Crippen molar-refractivity contribution in [2.24, 2.45) is 0 Å². The molecule has 1 aliphatic heterocycles. The van der Waals surface area contributed by atoms with Crippen LogP contribution in [0.5, 0.6) is 0 Å². The van der Waals surface area contributed by atoms with Gasteiger partial charge in [-0.1, -0.05) is 42.5 Å². The number of amides is 1. The molecule has 1 aromatic heterocycles. The molecule has 5 heteroatoms. The lowest BCUT2D eigenvalue weighted by molar-refractivity contribution is -0.130. The van der Waals surface area contributed by atoms with E-state index in [1.54, 1.807) is 0 Å². The van der Waals surface area contributed by atoms with Crippen molar-refractivity contribution in [3.8, 4) is 11.3 Å². The summed E-state index contributed by atoms with van der Waals surface area (Å²) in [4.78, 5) is 13.9. The van der Waals surface area contributed by atoms with E-state index in [9.17, 15) is 4.79 Å². The zero-order valence-electron chi connectivity index (χ0n) is 12.3. The molecule has 5 nitrogen and oxygen atoms in total. The summed E-state index contributed by atoms with van der Waals surface area (Å²) < 4.78 is 1.90. The molecule has 2 aromatic rings. The number of carbonyl (C=O) groups is 1. The van der Waals surface area contributed by atoms with Gasteiger partial charge in [-0.3, -0.25) is 4.79 Å². The monoisotopic (exact) mass is 284 g/mol. The van der Waals surface area contributed by atoms with Crippen molar-refractivity contribution in [1.29, 1.82) is 0 Å². The molecule has 1 amide bonds. The summed E-state index contributed by atoms with van der Waals surface area (Å²) >= 11 is 0. The summed E-state index contributed by atoms with van der Waals surface area (Å²) in [5.41, 5.74) is 1.95. The third-order valence-electron chi connectivity index (χ3n) is 3.93. The van der Waals surface area contributed by atoms with Crippen LogP contribution >= 0.6 is 0 Å². The minimum Gasteiger partial charge on any atom is -0.340 e. The van der Waals surface area contributed by atoms with E-state index in [0.717, 1.165) is 37.2 Å². The summed E-state index contributed by atoms with van der Waals surface area (Å²) in [7, 11) is 0. The first-order valence-corrected chi connectivity index (χ1v) is 7.53. The third-order valence-corrected chi connectivity index (χ3v) is 3.93. The van der Waals surface area contributed by atoms with E-state index >= 15 is 0 Å². The smallest absolute Gasteiger partial charge is 0.222 e. The molecular weight excluding hydrogens is 264 g/mol. The Morgan fingerprint density at radius 2 is 2.14 bits per heavy atom. The Hall–Kier alpha value is -2.17. The summed E-state index contributed by atoms with van der Waals surface area (Å²) in [5.74, 6) is 0.253. The Labute approximate surface area is 124 Å². The van der Waals surface area contributed by atoms with Gasteiger partial charge in [0.2, 0.25) is 5.91 Å². The Morgan fingerprint density at radius 1 is 1.33 bits per heavy atom. The summed E-state index contributed by atoms with van der Waals surface area (Å²) in [5, 5.41) is 8.49. The first kappa shape index (κ1) is 13.8. The molecule has 1 saturated heterocycles. The average Bonchev–Trinajstić information content (AvgIpc) is 3.17. The van der Waals surface area contributed by atoms with Gasteiger partial charge in [-0.15, -0.1) is 5.10 Å². The SMILES string of the molecule is CCCC(=O)N1CCC(n2cc(-c3ccccc3)nn2)C1. The van der Waals surface area contributed by atoms with Crippen LogP contribution in [0.3, 0.4) is 0 Å². The number of aromatic nitrogens is 3. The van der Waals surface area contributed by atoms with Crippen LogP contribution in [0.15, 0.2) is 36.5 Å². The van der Waals surface area contributed by atoms with E-state index in [0.29, 0.717) is 6.42 Å². The fourth-order valence-corrected chi connectivity index (χ4v) is 2.75. The minimum absolute atomic E-state index is 0.246. The number of hydrogen-bond donors (Lipinski definition) is 0. The molecule has 0 N–H and O–H groups in total. The molecule has 1 fully saturated rings. The van der Waals surface area contributed by atoms with Crippen molar-refractivity contribution in [1.82, 2.24) is 19.9 Å². The van der Waals surface area contributed by atoms with E-state index in [2.05, 4.69) is 10.3 Å². The molecule has 1 aromatic carbocycles. The number of rotatable bonds is 4. The van der Waals surface area contributed by atoms with Crippen LogP contribution in [0.2, 0.25) is 0 Å². The van der Waals surface area contributed by atoms with Gasteiger partial charge in [-0.2, -0.15) is 0 Å². The summed E-state index contributed by atoms with van der Waals surface area (Å²) in [6, 6.07) is 10.3. The molecule has 1 atom stereocenters. The number of hydrogen-bond acceptors (Lipinski definition) is 3. The van der Waals surface area contributed by atoms with Gasteiger partial charge in [0.25, 0.3) is 0 Å². The standard InChI is InChI=1S/C16H20N4O/c1-2-6-16(21)19-10-9-14(11-19)20-12-15(17-18-20)13-7-4-3-5-8-13/h3-5,7-8,12,14H,2,6,9-11H2,1H3. The van der Waals surface area contributed by atoms with Gasteiger partial charge < -0.3 is 4.90 Å². The second-order valence-corrected chi connectivity index (χ2v) is 5.48. The fourth-order valence-electron chi connectivity index (χ4n) is 2.75. The Bertz CT molecular complexity index is 608. The molecule has 2 heterocycles. The molecule has 21 heavy (non-hydrogen) atoms. The van der Waals surface area contributed by atoms with E-state index in [1.165, 1.54) is 0 Å². The fraction of sp³-hybridized carbons (Fsp3) is 0.438. The Balaban J connectivity index is 1.69. The highest BCUT2D eigenvalue weighted by molar-refractivity contribution is 5.76. The molecular formula is C16H20N4O. The van der Waals surface area contributed by atoms with Gasteiger partial charge in [0, 0.05) is 25.1 Å². The molecule has 3 rings (SSSR count). The van der Waals surface area contributed by atoms with Crippen LogP contribution in [0.4, 0.5) is 0 Å². The summed E-state index contributed by atoms with van der Waals surface area (Å²) in [6.07, 6.45) is 4.47. The Morgan fingerprint density at radius 3 is 2.90 bits per heavy atom. The molecule has 0 spiro atoms. The van der Waals surface area contributed by atoms with Crippen LogP contribution in [0, 0.1) is 0 Å². The maximum Gasteiger partial charge on any atom is 0.222 e. The quantitative estimate of drug-likeness (QED) is 0.867. The predicted octanol–water partition coefficient (Wildman–Crippen LogP) is 2.52. The van der Waals surface area contributed by atoms with Crippen LogP contribution in [-0.2, 0) is 4.79 Å². The highest BCUT2D eigenvalue weighted by Crippen LogP contribution is 2.23. The lowest BCUT2D eigenvalue weighted by Crippen LogP contribution is -2.28. The molecule has 1 aliphatic rings. The van der Waals surface area contributed by atoms with Crippen molar-refractivity contribution in [3.63, 3.8) is 0 Å². The van der Waals surface area contributed by atoms with Gasteiger partial charge >= 0.3 is 0 Å². The van der Waals surface area contributed by atoms with Gasteiger partial charge in [0.1, 0.15) is 5.69 Å². The summed E-state index contributed by atoms with van der Waals surface area (Å²) in [6.45, 7) is 3.61. The molecule has 1 unspecified atom stereocenters. The maximum absolute atomic E-state index is 11.9.